The molecule has 1 N–H and O–H groups in total. The molecule has 1 heterocycles. The van der Waals surface area contributed by atoms with Crippen molar-refractivity contribution in [3.8, 4) is 6.07 Å². The molecule has 146 valence electrons. The molecule has 0 amide bonds. The molecule has 0 saturated carbocycles. The summed E-state index contributed by atoms with van der Waals surface area (Å²) in [6.45, 7) is 0.681. The Morgan fingerprint density at radius 3 is 2.33 bits per heavy atom. The van der Waals surface area contributed by atoms with Crippen molar-refractivity contribution in [1.29, 1.82) is 5.26 Å². The highest BCUT2D eigenvalue weighted by atomic mass is 35.5. The normalized spacial score (nSPS) is 11.4. The molecule has 4 rings (SSSR count). The van der Waals surface area contributed by atoms with Crippen LogP contribution in [0, 0.1) is 11.3 Å². The van der Waals surface area contributed by atoms with Gasteiger partial charge in [-0.2, -0.15) is 5.26 Å². The van der Waals surface area contributed by atoms with Crippen LogP contribution in [0.15, 0.2) is 79.0 Å². The molecule has 1 aromatic heterocycles. The second kappa shape index (κ2) is 8.28. The van der Waals surface area contributed by atoms with Gasteiger partial charge in [0.05, 0.1) is 17.2 Å². The fourth-order valence-corrected chi connectivity index (χ4v) is 3.56. The standard InChI is InChI=1S/C25H17ClN2O2/c26-22-11-5-17(6-12-22)15-28-16-21(23-3-1-2-4-24(23)28)13-20(14-27)18-7-9-19(10-8-18)25(29)30/h1-13,16H,15H2,(H,29,30)/b20-13-. The lowest BCUT2D eigenvalue weighted by Gasteiger charge is -2.05. The maximum atomic E-state index is 11.1. The zero-order chi connectivity index (χ0) is 21.1. The van der Waals surface area contributed by atoms with E-state index in [4.69, 9.17) is 16.7 Å². The minimum Gasteiger partial charge on any atom is -0.478 e. The van der Waals surface area contributed by atoms with Crippen LogP contribution < -0.4 is 0 Å². The number of hydrogen-bond acceptors (Lipinski definition) is 2. The third kappa shape index (κ3) is 3.98. The Balaban J connectivity index is 1.75. The van der Waals surface area contributed by atoms with Crippen LogP contribution in [0.5, 0.6) is 0 Å². The average molecular weight is 413 g/mol. The van der Waals surface area contributed by atoms with E-state index >= 15 is 0 Å². The van der Waals surface area contributed by atoms with Gasteiger partial charge in [0.2, 0.25) is 0 Å². The molecular weight excluding hydrogens is 396 g/mol. The van der Waals surface area contributed by atoms with Crippen LogP contribution in [0.4, 0.5) is 0 Å². The van der Waals surface area contributed by atoms with Crippen LogP contribution in [0.2, 0.25) is 5.02 Å². The molecule has 0 aliphatic carbocycles. The summed E-state index contributed by atoms with van der Waals surface area (Å²) in [6.07, 6.45) is 3.87. The third-order valence-corrected chi connectivity index (χ3v) is 5.20. The summed E-state index contributed by atoms with van der Waals surface area (Å²) in [5.74, 6) is -0.991. The molecule has 0 aliphatic rings. The number of rotatable bonds is 5. The van der Waals surface area contributed by atoms with Crippen LogP contribution >= 0.6 is 11.6 Å². The average Bonchev–Trinajstić information content (AvgIpc) is 3.11. The highest BCUT2D eigenvalue weighted by Crippen LogP contribution is 2.27. The first-order valence-electron chi connectivity index (χ1n) is 9.33. The van der Waals surface area contributed by atoms with E-state index in [0.717, 1.165) is 22.0 Å². The Morgan fingerprint density at radius 1 is 1.00 bits per heavy atom. The molecule has 0 atom stereocenters. The molecule has 0 saturated heterocycles. The molecule has 3 aromatic carbocycles. The summed E-state index contributed by atoms with van der Waals surface area (Å²) < 4.78 is 2.15. The van der Waals surface area contributed by atoms with Crippen LogP contribution in [-0.2, 0) is 6.54 Å². The topological polar surface area (TPSA) is 66.0 Å². The van der Waals surface area contributed by atoms with Crippen molar-refractivity contribution in [2.75, 3.05) is 0 Å². The number of aromatic nitrogens is 1. The highest BCUT2D eigenvalue weighted by Gasteiger charge is 2.10. The van der Waals surface area contributed by atoms with Crippen molar-refractivity contribution in [2.45, 2.75) is 6.54 Å². The number of hydrogen-bond donors (Lipinski definition) is 1. The zero-order valence-electron chi connectivity index (χ0n) is 15.9. The van der Waals surface area contributed by atoms with Gasteiger partial charge in [0.1, 0.15) is 0 Å². The fraction of sp³-hybridized carbons (Fsp3) is 0.0400. The third-order valence-electron chi connectivity index (χ3n) is 4.95. The number of aromatic carboxylic acids is 1. The number of carboxylic acids is 1. The van der Waals surface area contributed by atoms with Crippen molar-refractivity contribution in [3.63, 3.8) is 0 Å². The smallest absolute Gasteiger partial charge is 0.335 e. The number of nitriles is 1. The Kier molecular flexibility index (Phi) is 5.38. The Bertz CT molecular complexity index is 1290. The van der Waals surface area contributed by atoms with E-state index in [9.17, 15) is 10.1 Å². The van der Waals surface area contributed by atoms with E-state index < -0.39 is 5.97 Å². The second-order valence-electron chi connectivity index (χ2n) is 6.91. The number of para-hydroxylation sites is 1. The van der Waals surface area contributed by atoms with Crippen molar-refractivity contribution in [1.82, 2.24) is 4.57 Å². The molecular formula is C25H17ClN2O2. The summed E-state index contributed by atoms with van der Waals surface area (Å²) in [5.41, 5.74) is 4.46. The number of carbonyl (C=O) groups is 1. The van der Waals surface area contributed by atoms with Crippen molar-refractivity contribution in [2.24, 2.45) is 0 Å². The second-order valence-corrected chi connectivity index (χ2v) is 7.34. The van der Waals surface area contributed by atoms with E-state index in [0.29, 0.717) is 22.7 Å². The highest BCUT2D eigenvalue weighted by molar-refractivity contribution is 6.30. The minimum absolute atomic E-state index is 0.190. The quantitative estimate of drug-likeness (QED) is 0.402. The fourth-order valence-electron chi connectivity index (χ4n) is 3.44. The van der Waals surface area contributed by atoms with E-state index in [1.54, 1.807) is 12.1 Å². The lowest BCUT2D eigenvalue weighted by Crippen LogP contribution is -1.97. The monoisotopic (exact) mass is 412 g/mol. The van der Waals surface area contributed by atoms with Crippen LogP contribution in [0.25, 0.3) is 22.6 Å². The maximum Gasteiger partial charge on any atom is 0.335 e. The summed E-state index contributed by atoms with van der Waals surface area (Å²) in [6, 6.07) is 24.3. The Labute approximate surface area is 178 Å². The number of allylic oxidation sites excluding steroid dienone is 1. The van der Waals surface area contributed by atoms with Crippen LogP contribution in [0.3, 0.4) is 0 Å². The first-order valence-corrected chi connectivity index (χ1v) is 9.71. The Morgan fingerprint density at radius 2 is 1.67 bits per heavy atom. The molecule has 5 heteroatoms. The summed E-state index contributed by atoms with van der Waals surface area (Å²) in [4.78, 5) is 11.1. The first-order chi connectivity index (χ1) is 14.5. The molecule has 4 nitrogen and oxygen atoms in total. The van der Waals surface area contributed by atoms with E-state index in [1.165, 1.54) is 12.1 Å². The number of fused-ring (bicyclic) bond motifs is 1. The maximum absolute atomic E-state index is 11.1. The molecule has 0 aliphatic heterocycles. The van der Waals surface area contributed by atoms with Gasteiger partial charge >= 0.3 is 5.97 Å². The number of nitrogens with zero attached hydrogens (tertiary/aromatic N) is 2. The largest absolute Gasteiger partial charge is 0.478 e. The first kappa shape index (κ1) is 19.5. The summed E-state index contributed by atoms with van der Waals surface area (Å²) >= 11 is 5.99. The lowest BCUT2D eigenvalue weighted by atomic mass is 10.0. The van der Waals surface area contributed by atoms with Crippen molar-refractivity contribution in [3.05, 3.63) is 106 Å². The predicted molar refractivity (Wildman–Crippen MR) is 119 cm³/mol. The molecule has 0 bridgehead atoms. The van der Waals surface area contributed by atoms with E-state index in [1.807, 2.05) is 54.7 Å². The van der Waals surface area contributed by atoms with Crippen molar-refractivity contribution < 1.29 is 9.90 Å². The molecule has 0 unspecified atom stereocenters. The van der Waals surface area contributed by atoms with Gasteiger partial charge in [-0.25, -0.2) is 4.79 Å². The summed E-state index contributed by atoms with van der Waals surface area (Å²) in [7, 11) is 0. The van der Waals surface area contributed by atoms with Crippen LogP contribution in [-0.4, -0.2) is 15.6 Å². The van der Waals surface area contributed by atoms with Gasteiger partial charge in [-0.1, -0.05) is 54.1 Å². The molecule has 0 fully saturated rings. The molecule has 0 spiro atoms. The predicted octanol–water partition coefficient (Wildman–Crippen LogP) is 6.11. The van der Waals surface area contributed by atoms with Crippen LogP contribution in [0.1, 0.15) is 27.0 Å². The Hall–Kier alpha value is -3.81. The number of benzene rings is 3. The zero-order valence-corrected chi connectivity index (χ0v) is 16.7. The van der Waals surface area contributed by atoms with Gasteiger partial charge in [-0.3, -0.25) is 0 Å². The van der Waals surface area contributed by atoms with E-state index in [2.05, 4.69) is 16.7 Å². The number of carboxylic acid groups (broad SMARTS) is 1. The summed E-state index contributed by atoms with van der Waals surface area (Å²) in [5, 5.41) is 20.5. The molecule has 0 radical (unpaired) electrons. The van der Waals surface area contributed by atoms with Crippen molar-refractivity contribution >= 4 is 40.1 Å². The van der Waals surface area contributed by atoms with Gasteiger partial charge in [-0.05, 0) is 47.5 Å². The lowest BCUT2D eigenvalue weighted by molar-refractivity contribution is 0.0697. The molecule has 4 aromatic rings. The van der Waals surface area contributed by atoms with Gasteiger partial charge in [0, 0.05) is 34.2 Å². The SMILES string of the molecule is N#C/C(=C/c1cn(Cc2ccc(Cl)cc2)c2ccccc12)c1ccc(C(=O)O)cc1. The van der Waals surface area contributed by atoms with Gasteiger partial charge in [0.15, 0.2) is 0 Å². The molecule has 30 heavy (non-hydrogen) atoms. The van der Waals surface area contributed by atoms with Gasteiger partial charge in [-0.15, -0.1) is 0 Å². The number of halogens is 1. The van der Waals surface area contributed by atoms with E-state index in [-0.39, 0.29) is 5.56 Å². The van der Waals surface area contributed by atoms with Gasteiger partial charge < -0.3 is 9.67 Å². The van der Waals surface area contributed by atoms with Gasteiger partial charge in [0.25, 0.3) is 0 Å². The minimum atomic E-state index is -0.991.